The van der Waals surface area contributed by atoms with Crippen LogP contribution in [0.4, 0.5) is 5.69 Å². The van der Waals surface area contributed by atoms with Crippen molar-refractivity contribution in [3.8, 4) is 0 Å². The number of rotatable bonds is 6. The average molecular weight is 347 g/mol. The number of esters is 1. The molecule has 0 aliphatic rings. The molecule has 2 aromatic rings. The fraction of sp³-hybridized carbons (Fsp3) is 0.125. The Bertz CT molecular complexity index is 788. The number of ether oxygens (including phenoxy) is 1. The zero-order valence-corrected chi connectivity index (χ0v) is 13.4. The lowest BCUT2D eigenvalue weighted by atomic mass is 10.2. The number of nitro groups is 1. The summed E-state index contributed by atoms with van der Waals surface area (Å²) in [5, 5.41) is 20.1. The van der Waals surface area contributed by atoms with Crippen LogP contribution in [0.3, 0.4) is 0 Å². The smallest absolute Gasteiger partial charge is 0.335 e. The molecule has 0 radical (unpaired) electrons. The highest BCUT2D eigenvalue weighted by Gasteiger charge is 2.18. The molecule has 0 amide bonds. The molecule has 0 atom stereocenters. The second-order valence-corrected chi connectivity index (χ2v) is 5.86. The van der Waals surface area contributed by atoms with Gasteiger partial charge in [-0.25, -0.2) is 4.79 Å². The predicted octanol–water partition coefficient (Wildman–Crippen LogP) is 3.16. The maximum atomic E-state index is 11.2. The Morgan fingerprint density at radius 2 is 1.88 bits per heavy atom. The molecule has 2 aromatic carbocycles. The fourth-order valence-electron chi connectivity index (χ4n) is 1.92. The van der Waals surface area contributed by atoms with Gasteiger partial charge < -0.3 is 9.84 Å². The molecule has 0 unspecified atom stereocenters. The first-order valence-corrected chi connectivity index (χ1v) is 7.57. The van der Waals surface area contributed by atoms with Crippen LogP contribution in [0.5, 0.6) is 0 Å². The molecule has 0 aliphatic heterocycles. The van der Waals surface area contributed by atoms with Crippen molar-refractivity contribution in [3.05, 3.63) is 63.7 Å². The average Bonchev–Trinajstić information content (AvgIpc) is 2.56. The zero-order valence-electron chi connectivity index (χ0n) is 12.6. The molecule has 0 aromatic heterocycles. The van der Waals surface area contributed by atoms with Gasteiger partial charge in [0.15, 0.2) is 0 Å². The van der Waals surface area contributed by atoms with E-state index in [-0.39, 0.29) is 23.6 Å². The van der Waals surface area contributed by atoms with Gasteiger partial charge in [0, 0.05) is 11.0 Å². The molecule has 7 nitrogen and oxygen atoms in total. The summed E-state index contributed by atoms with van der Waals surface area (Å²) in [5.41, 5.74) is 0.361. The first-order valence-electron chi connectivity index (χ1n) is 6.76. The molecular formula is C16H13NO6S. The van der Waals surface area contributed by atoms with Crippen LogP contribution in [-0.2, 0) is 16.0 Å². The number of methoxy groups -OCH3 is 1. The molecule has 0 saturated carbocycles. The summed E-state index contributed by atoms with van der Waals surface area (Å²) >= 11 is 1.15. The van der Waals surface area contributed by atoms with Crippen LogP contribution >= 0.6 is 11.8 Å². The number of hydrogen-bond acceptors (Lipinski definition) is 6. The molecule has 1 N–H and O–H groups in total. The molecule has 0 saturated heterocycles. The van der Waals surface area contributed by atoms with Crippen molar-refractivity contribution in [3.63, 3.8) is 0 Å². The minimum absolute atomic E-state index is 0.139. The largest absolute Gasteiger partial charge is 0.478 e. The Kier molecular flexibility index (Phi) is 5.54. The number of carboxylic acids is 1. The monoisotopic (exact) mass is 347 g/mol. The second kappa shape index (κ2) is 7.60. The summed E-state index contributed by atoms with van der Waals surface area (Å²) in [7, 11) is 1.31. The number of nitro benzene ring substituents is 1. The highest BCUT2D eigenvalue weighted by molar-refractivity contribution is 7.99. The number of carboxylic acid groups (broad SMARTS) is 1. The molecule has 2 rings (SSSR count). The van der Waals surface area contributed by atoms with Crippen LogP contribution < -0.4 is 0 Å². The second-order valence-electron chi connectivity index (χ2n) is 4.74. The molecule has 124 valence electrons. The van der Waals surface area contributed by atoms with Gasteiger partial charge >= 0.3 is 11.9 Å². The number of benzene rings is 2. The maximum absolute atomic E-state index is 11.2. The van der Waals surface area contributed by atoms with E-state index in [2.05, 4.69) is 4.74 Å². The third kappa shape index (κ3) is 4.32. The van der Waals surface area contributed by atoms with Crippen molar-refractivity contribution in [2.75, 3.05) is 7.11 Å². The number of carbonyl (C=O) groups is 2. The molecule has 0 spiro atoms. The molecular weight excluding hydrogens is 334 g/mol. The lowest BCUT2D eigenvalue weighted by Gasteiger charge is -2.05. The van der Waals surface area contributed by atoms with Gasteiger partial charge in [0.1, 0.15) is 0 Å². The molecule has 24 heavy (non-hydrogen) atoms. The summed E-state index contributed by atoms with van der Waals surface area (Å²) in [5.74, 6) is -1.57. The van der Waals surface area contributed by atoms with Gasteiger partial charge in [-0.2, -0.15) is 0 Å². The molecule has 0 bridgehead atoms. The van der Waals surface area contributed by atoms with E-state index < -0.39 is 10.9 Å². The van der Waals surface area contributed by atoms with Crippen molar-refractivity contribution >= 4 is 29.4 Å². The van der Waals surface area contributed by atoms with Gasteiger partial charge in [-0.05, 0) is 29.8 Å². The van der Waals surface area contributed by atoms with Gasteiger partial charge in [-0.15, -0.1) is 0 Å². The lowest BCUT2D eigenvalue weighted by molar-refractivity contribution is -0.387. The third-order valence-electron chi connectivity index (χ3n) is 3.13. The van der Waals surface area contributed by atoms with Crippen molar-refractivity contribution < 1.29 is 24.4 Å². The van der Waals surface area contributed by atoms with Crippen molar-refractivity contribution in [2.45, 2.75) is 16.2 Å². The number of aromatic carboxylic acids is 1. The summed E-state index contributed by atoms with van der Waals surface area (Å²) in [6, 6.07) is 10.7. The van der Waals surface area contributed by atoms with Crippen LogP contribution in [0.2, 0.25) is 0 Å². The zero-order chi connectivity index (χ0) is 17.7. The Hall–Kier alpha value is -2.87. The maximum Gasteiger partial charge on any atom is 0.335 e. The summed E-state index contributed by atoms with van der Waals surface area (Å²) in [4.78, 5) is 33.7. The quantitative estimate of drug-likeness (QED) is 0.486. The standard InChI is InChI=1S/C16H13NO6S/c1-23-15(18)8-10-2-5-12(6-3-10)24-14-7-4-11(16(19)20)9-13(14)17(21)22/h2-7,9H,8H2,1H3,(H,19,20). The number of hydrogen-bond donors (Lipinski definition) is 1. The van der Waals surface area contributed by atoms with E-state index in [4.69, 9.17) is 5.11 Å². The van der Waals surface area contributed by atoms with E-state index in [9.17, 15) is 19.7 Å². The lowest BCUT2D eigenvalue weighted by Crippen LogP contribution is -2.04. The van der Waals surface area contributed by atoms with Crippen LogP contribution in [0.25, 0.3) is 0 Å². The van der Waals surface area contributed by atoms with Gasteiger partial charge in [-0.3, -0.25) is 14.9 Å². The summed E-state index contributed by atoms with van der Waals surface area (Å²) < 4.78 is 4.59. The fourth-order valence-corrected chi connectivity index (χ4v) is 2.82. The van der Waals surface area contributed by atoms with Gasteiger partial charge in [0.25, 0.3) is 5.69 Å². The topological polar surface area (TPSA) is 107 Å². The highest BCUT2D eigenvalue weighted by Crippen LogP contribution is 2.35. The van der Waals surface area contributed by atoms with Crippen LogP contribution in [0.1, 0.15) is 15.9 Å². The summed E-state index contributed by atoms with van der Waals surface area (Å²) in [6.45, 7) is 0. The van der Waals surface area contributed by atoms with Crippen molar-refractivity contribution in [1.29, 1.82) is 0 Å². The normalized spacial score (nSPS) is 10.2. The predicted molar refractivity (Wildman–Crippen MR) is 86.3 cm³/mol. The van der Waals surface area contributed by atoms with E-state index in [0.29, 0.717) is 4.90 Å². The van der Waals surface area contributed by atoms with Gasteiger partial charge in [0.2, 0.25) is 0 Å². The molecule has 0 fully saturated rings. The van der Waals surface area contributed by atoms with E-state index in [1.54, 1.807) is 24.3 Å². The number of nitrogens with zero attached hydrogens (tertiary/aromatic N) is 1. The van der Waals surface area contributed by atoms with E-state index in [1.165, 1.54) is 19.2 Å². The molecule has 8 heteroatoms. The Balaban J connectivity index is 2.23. The minimum Gasteiger partial charge on any atom is -0.478 e. The number of carbonyl (C=O) groups excluding carboxylic acids is 1. The SMILES string of the molecule is COC(=O)Cc1ccc(Sc2ccc(C(=O)O)cc2[N+](=O)[O-])cc1. The van der Waals surface area contributed by atoms with E-state index in [0.717, 1.165) is 28.3 Å². The third-order valence-corrected chi connectivity index (χ3v) is 4.20. The Morgan fingerprint density at radius 3 is 2.42 bits per heavy atom. The molecule has 0 aliphatic carbocycles. The first-order chi connectivity index (χ1) is 11.4. The van der Waals surface area contributed by atoms with Gasteiger partial charge in [0.05, 0.1) is 28.9 Å². The van der Waals surface area contributed by atoms with Gasteiger partial charge in [-0.1, -0.05) is 23.9 Å². The molecule has 0 heterocycles. The highest BCUT2D eigenvalue weighted by atomic mass is 32.2. The van der Waals surface area contributed by atoms with Crippen molar-refractivity contribution in [1.82, 2.24) is 0 Å². The van der Waals surface area contributed by atoms with Crippen LogP contribution in [0, 0.1) is 10.1 Å². The first kappa shape index (κ1) is 17.5. The van der Waals surface area contributed by atoms with E-state index >= 15 is 0 Å². The van der Waals surface area contributed by atoms with Crippen LogP contribution in [0.15, 0.2) is 52.3 Å². The van der Waals surface area contributed by atoms with Crippen LogP contribution in [-0.4, -0.2) is 29.1 Å². The Morgan fingerprint density at radius 1 is 1.21 bits per heavy atom. The van der Waals surface area contributed by atoms with E-state index in [1.807, 2.05) is 0 Å². The summed E-state index contributed by atoms with van der Waals surface area (Å²) in [6.07, 6.45) is 0.148. The van der Waals surface area contributed by atoms with Crippen molar-refractivity contribution in [2.24, 2.45) is 0 Å². The minimum atomic E-state index is -1.22. The Labute approximate surface area is 141 Å².